The minimum atomic E-state index is 0.0820. The van der Waals surface area contributed by atoms with Crippen LogP contribution in [0.3, 0.4) is 0 Å². The van der Waals surface area contributed by atoms with Gasteiger partial charge in [-0.3, -0.25) is 4.79 Å². The molecule has 0 spiro atoms. The van der Waals surface area contributed by atoms with Crippen LogP contribution in [0.1, 0.15) is 41.3 Å². The number of hydrogen-bond acceptors (Lipinski definition) is 2. The SMILES string of the molecule is Cc1cc(C)c(C(=O)N(C)C(C)C2CC2)cc1N. The Morgan fingerprint density at radius 1 is 1.33 bits per heavy atom. The summed E-state index contributed by atoms with van der Waals surface area (Å²) in [7, 11) is 1.89. The topological polar surface area (TPSA) is 46.3 Å². The van der Waals surface area contributed by atoms with Gasteiger partial charge in [0.2, 0.25) is 0 Å². The highest BCUT2D eigenvalue weighted by molar-refractivity contribution is 5.96. The smallest absolute Gasteiger partial charge is 0.254 e. The van der Waals surface area contributed by atoms with E-state index >= 15 is 0 Å². The molecule has 3 heteroatoms. The monoisotopic (exact) mass is 246 g/mol. The van der Waals surface area contributed by atoms with Crippen LogP contribution in [-0.4, -0.2) is 23.9 Å². The molecule has 98 valence electrons. The van der Waals surface area contributed by atoms with E-state index in [9.17, 15) is 4.79 Å². The van der Waals surface area contributed by atoms with Crippen LogP contribution in [0.15, 0.2) is 12.1 Å². The fourth-order valence-corrected chi connectivity index (χ4v) is 2.37. The zero-order valence-corrected chi connectivity index (χ0v) is 11.7. The average molecular weight is 246 g/mol. The first-order valence-corrected chi connectivity index (χ1v) is 6.55. The first kappa shape index (κ1) is 12.9. The Bertz CT molecular complexity index is 478. The molecule has 1 aromatic carbocycles. The van der Waals surface area contributed by atoms with Crippen LogP contribution in [0.4, 0.5) is 5.69 Å². The van der Waals surface area contributed by atoms with Crippen molar-refractivity contribution in [1.82, 2.24) is 4.90 Å². The predicted octanol–water partition coefficient (Wildman–Crippen LogP) is 2.76. The zero-order valence-electron chi connectivity index (χ0n) is 11.7. The first-order valence-electron chi connectivity index (χ1n) is 6.55. The van der Waals surface area contributed by atoms with Gasteiger partial charge < -0.3 is 10.6 Å². The second kappa shape index (κ2) is 4.63. The molecule has 0 radical (unpaired) electrons. The van der Waals surface area contributed by atoms with Crippen molar-refractivity contribution in [2.75, 3.05) is 12.8 Å². The highest BCUT2D eigenvalue weighted by atomic mass is 16.2. The van der Waals surface area contributed by atoms with Crippen LogP contribution in [0.5, 0.6) is 0 Å². The molecule has 1 saturated carbocycles. The zero-order chi connectivity index (χ0) is 13.4. The van der Waals surface area contributed by atoms with Crippen LogP contribution in [0, 0.1) is 19.8 Å². The standard InChI is InChI=1S/C15H22N2O/c1-9-7-10(2)14(16)8-13(9)15(18)17(4)11(3)12-5-6-12/h7-8,11-12H,5-6,16H2,1-4H3. The quantitative estimate of drug-likeness (QED) is 0.834. The first-order chi connectivity index (χ1) is 8.41. The molecule has 1 unspecified atom stereocenters. The minimum absolute atomic E-state index is 0.0820. The van der Waals surface area contributed by atoms with Crippen LogP contribution in [0.2, 0.25) is 0 Å². The van der Waals surface area contributed by atoms with Crippen molar-refractivity contribution in [2.24, 2.45) is 5.92 Å². The van der Waals surface area contributed by atoms with Gasteiger partial charge in [0.1, 0.15) is 0 Å². The second-order valence-corrected chi connectivity index (χ2v) is 5.52. The number of rotatable bonds is 3. The third-order valence-corrected chi connectivity index (χ3v) is 4.08. The van der Waals surface area contributed by atoms with Gasteiger partial charge in [-0.25, -0.2) is 0 Å². The van der Waals surface area contributed by atoms with Crippen LogP contribution in [0.25, 0.3) is 0 Å². The number of carbonyl (C=O) groups is 1. The maximum absolute atomic E-state index is 12.5. The molecule has 1 aliphatic carbocycles. The maximum Gasteiger partial charge on any atom is 0.254 e. The summed E-state index contributed by atoms with van der Waals surface area (Å²) in [5.74, 6) is 0.764. The summed E-state index contributed by atoms with van der Waals surface area (Å²) in [6, 6.07) is 4.11. The number of nitrogens with zero attached hydrogens (tertiary/aromatic N) is 1. The van der Waals surface area contributed by atoms with Crippen molar-refractivity contribution in [3.63, 3.8) is 0 Å². The normalized spacial score (nSPS) is 16.4. The van der Waals surface area contributed by atoms with Gasteiger partial charge >= 0.3 is 0 Å². The summed E-state index contributed by atoms with van der Waals surface area (Å²) < 4.78 is 0. The van der Waals surface area contributed by atoms with Crippen molar-refractivity contribution in [3.05, 3.63) is 28.8 Å². The van der Waals surface area contributed by atoms with Crippen LogP contribution < -0.4 is 5.73 Å². The summed E-state index contributed by atoms with van der Waals surface area (Å²) in [5, 5.41) is 0. The summed E-state index contributed by atoms with van der Waals surface area (Å²) in [6.07, 6.45) is 2.49. The van der Waals surface area contributed by atoms with E-state index in [1.165, 1.54) is 12.8 Å². The molecular weight excluding hydrogens is 224 g/mol. The molecule has 0 heterocycles. The fourth-order valence-electron chi connectivity index (χ4n) is 2.37. The lowest BCUT2D eigenvalue weighted by Crippen LogP contribution is -2.36. The van der Waals surface area contributed by atoms with Gasteiger partial charge in [0, 0.05) is 24.3 Å². The Morgan fingerprint density at radius 2 is 1.94 bits per heavy atom. The lowest BCUT2D eigenvalue weighted by atomic mass is 10.0. The molecule has 1 aromatic rings. The lowest BCUT2D eigenvalue weighted by Gasteiger charge is -2.26. The van der Waals surface area contributed by atoms with E-state index in [0.717, 1.165) is 16.7 Å². The van der Waals surface area contributed by atoms with Gasteiger partial charge in [-0.05, 0) is 56.7 Å². The van der Waals surface area contributed by atoms with E-state index in [2.05, 4.69) is 6.92 Å². The van der Waals surface area contributed by atoms with Gasteiger partial charge in [-0.1, -0.05) is 6.07 Å². The number of anilines is 1. The number of carbonyl (C=O) groups excluding carboxylic acids is 1. The van der Waals surface area contributed by atoms with E-state index < -0.39 is 0 Å². The maximum atomic E-state index is 12.5. The number of aryl methyl sites for hydroxylation is 2. The van der Waals surface area contributed by atoms with Crippen molar-refractivity contribution in [3.8, 4) is 0 Å². The molecule has 18 heavy (non-hydrogen) atoms. The summed E-state index contributed by atoms with van der Waals surface area (Å²) in [6.45, 7) is 6.06. The number of benzene rings is 1. The predicted molar refractivity (Wildman–Crippen MR) is 74.6 cm³/mol. The third-order valence-electron chi connectivity index (χ3n) is 4.08. The number of nitrogens with two attached hydrogens (primary N) is 1. The van der Waals surface area contributed by atoms with E-state index in [-0.39, 0.29) is 5.91 Å². The molecule has 0 aromatic heterocycles. The average Bonchev–Trinajstić information content (AvgIpc) is 3.15. The van der Waals surface area contributed by atoms with Gasteiger partial charge in [-0.2, -0.15) is 0 Å². The summed E-state index contributed by atoms with van der Waals surface area (Å²) in [5.41, 5.74) is 9.36. The molecule has 0 bridgehead atoms. The highest BCUT2D eigenvalue weighted by Crippen LogP contribution is 2.35. The number of amides is 1. The number of nitrogen functional groups attached to an aromatic ring is 1. The van der Waals surface area contributed by atoms with E-state index in [0.29, 0.717) is 17.6 Å². The Hall–Kier alpha value is -1.51. The lowest BCUT2D eigenvalue weighted by molar-refractivity contribution is 0.0726. The Morgan fingerprint density at radius 3 is 2.50 bits per heavy atom. The van der Waals surface area contributed by atoms with Gasteiger partial charge in [0.05, 0.1) is 0 Å². The van der Waals surface area contributed by atoms with E-state index in [4.69, 9.17) is 5.73 Å². The van der Waals surface area contributed by atoms with Crippen molar-refractivity contribution in [2.45, 2.75) is 39.7 Å². The minimum Gasteiger partial charge on any atom is -0.398 e. The molecule has 0 saturated heterocycles. The highest BCUT2D eigenvalue weighted by Gasteiger charge is 2.33. The molecule has 3 nitrogen and oxygen atoms in total. The van der Waals surface area contributed by atoms with Crippen LogP contribution in [-0.2, 0) is 0 Å². The van der Waals surface area contributed by atoms with Crippen molar-refractivity contribution in [1.29, 1.82) is 0 Å². The molecule has 2 rings (SSSR count). The van der Waals surface area contributed by atoms with Gasteiger partial charge in [0.25, 0.3) is 5.91 Å². The van der Waals surface area contributed by atoms with Crippen molar-refractivity contribution >= 4 is 11.6 Å². The summed E-state index contributed by atoms with van der Waals surface area (Å²) in [4.78, 5) is 14.3. The molecule has 1 atom stereocenters. The Kier molecular flexibility index (Phi) is 3.33. The Labute approximate surface area is 109 Å². The van der Waals surface area contributed by atoms with E-state index in [1.54, 1.807) is 0 Å². The third kappa shape index (κ3) is 2.35. The molecule has 1 fully saturated rings. The fraction of sp³-hybridized carbons (Fsp3) is 0.533. The van der Waals surface area contributed by atoms with E-state index in [1.807, 2.05) is 37.9 Å². The van der Waals surface area contributed by atoms with Gasteiger partial charge in [-0.15, -0.1) is 0 Å². The Balaban J connectivity index is 2.25. The largest absolute Gasteiger partial charge is 0.398 e. The molecule has 1 amide bonds. The molecule has 0 aliphatic heterocycles. The summed E-state index contributed by atoms with van der Waals surface area (Å²) >= 11 is 0. The molecular formula is C15H22N2O. The van der Waals surface area contributed by atoms with Crippen LogP contribution >= 0.6 is 0 Å². The van der Waals surface area contributed by atoms with Gasteiger partial charge in [0.15, 0.2) is 0 Å². The number of hydrogen-bond donors (Lipinski definition) is 1. The molecule has 2 N–H and O–H groups in total. The molecule has 1 aliphatic rings. The van der Waals surface area contributed by atoms with Crippen molar-refractivity contribution < 1.29 is 4.79 Å². The second-order valence-electron chi connectivity index (χ2n) is 5.52.